The molecule has 1 amide bonds. The molecule has 0 aliphatic carbocycles. The Morgan fingerprint density at radius 2 is 1.90 bits per heavy atom. The number of nitrogens with one attached hydrogen (secondary N) is 1. The summed E-state index contributed by atoms with van der Waals surface area (Å²) in [6, 6.07) is 5.66. The number of aromatic nitrogens is 1. The molecular weight excluding hydrogens is 282 g/mol. The number of anilines is 1. The Kier molecular flexibility index (Phi) is 3.86. The van der Waals surface area contributed by atoms with Crippen LogP contribution in [0.1, 0.15) is 10.4 Å². The van der Waals surface area contributed by atoms with E-state index in [9.17, 15) is 13.2 Å². The maximum Gasteiger partial charge on any atom is 0.255 e. The molecule has 0 atom stereocenters. The van der Waals surface area contributed by atoms with Crippen molar-refractivity contribution in [3.8, 4) is 0 Å². The first-order chi connectivity index (χ1) is 9.41. The molecule has 7 nitrogen and oxygen atoms in total. The average Bonchev–Trinajstić information content (AvgIpc) is 2.91. The van der Waals surface area contributed by atoms with Gasteiger partial charge in [0.15, 0.2) is 0 Å². The standard InChI is InChI=1S/C12H13N3O4S/c1-15(2)20(17,18)11-5-3-9(4-6-11)12(16)14-10-7-13-19-8-10/h3-8H,1-2H3,(H,14,16). The van der Waals surface area contributed by atoms with Gasteiger partial charge < -0.3 is 9.84 Å². The van der Waals surface area contributed by atoms with Crippen LogP contribution in [-0.2, 0) is 10.0 Å². The van der Waals surface area contributed by atoms with Crippen molar-refractivity contribution in [1.82, 2.24) is 9.46 Å². The zero-order valence-electron chi connectivity index (χ0n) is 10.9. The number of rotatable bonds is 4. The highest BCUT2D eigenvalue weighted by atomic mass is 32.2. The second-order valence-corrected chi connectivity index (χ2v) is 6.33. The summed E-state index contributed by atoms with van der Waals surface area (Å²) in [5.41, 5.74) is 0.767. The fourth-order valence-corrected chi connectivity index (χ4v) is 2.36. The topological polar surface area (TPSA) is 92.5 Å². The van der Waals surface area contributed by atoms with Crippen LogP contribution in [0.5, 0.6) is 0 Å². The first kappa shape index (κ1) is 14.2. The van der Waals surface area contributed by atoms with E-state index in [-0.39, 0.29) is 10.8 Å². The molecule has 0 spiro atoms. The van der Waals surface area contributed by atoms with Crippen LogP contribution in [0.2, 0.25) is 0 Å². The molecule has 1 aromatic carbocycles. The van der Waals surface area contributed by atoms with Crippen molar-refractivity contribution in [2.45, 2.75) is 4.90 Å². The Morgan fingerprint density at radius 3 is 2.40 bits per heavy atom. The number of hydrogen-bond acceptors (Lipinski definition) is 5. The van der Waals surface area contributed by atoms with Gasteiger partial charge in [-0.1, -0.05) is 5.16 Å². The summed E-state index contributed by atoms with van der Waals surface area (Å²) in [6.45, 7) is 0. The molecule has 0 unspecified atom stereocenters. The number of carbonyl (C=O) groups is 1. The molecule has 0 bridgehead atoms. The van der Waals surface area contributed by atoms with Crippen LogP contribution in [0.3, 0.4) is 0 Å². The van der Waals surface area contributed by atoms with E-state index in [1.807, 2.05) is 0 Å². The SMILES string of the molecule is CN(C)S(=O)(=O)c1ccc(C(=O)Nc2cnoc2)cc1. The lowest BCUT2D eigenvalue weighted by molar-refractivity contribution is 0.102. The number of sulfonamides is 1. The molecular formula is C12H13N3O4S. The normalized spacial score (nSPS) is 11.6. The molecule has 2 aromatic rings. The van der Waals surface area contributed by atoms with Crippen molar-refractivity contribution >= 4 is 21.6 Å². The number of carbonyl (C=O) groups excluding carboxylic acids is 1. The maximum absolute atomic E-state index is 11.9. The highest BCUT2D eigenvalue weighted by Crippen LogP contribution is 2.15. The first-order valence-corrected chi connectivity index (χ1v) is 7.08. The van der Waals surface area contributed by atoms with Crippen LogP contribution >= 0.6 is 0 Å². The van der Waals surface area contributed by atoms with Crippen LogP contribution in [0, 0.1) is 0 Å². The molecule has 0 aliphatic heterocycles. The van der Waals surface area contributed by atoms with Crippen LogP contribution in [0.4, 0.5) is 5.69 Å². The minimum Gasteiger partial charge on any atom is -0.363 e. The van der Waals surface area contributed by atoms with Crippen molar-refractivity contribution in [2.24, 2.45) is 0 Å². The van der Waals surface area contributed by atoms with E-state index < -0.39 is 10.0 Å². The van der Waals surface area contributed by atoms with Gasteiger partial charge in [0.25, 0.3) is 5.91 Å². The number of nitrogens with zero attached hydrogens (tertiary/aromatic N) is 2. The van der Waals surface area contributed by atoms with Gasteiger partial charge in [0.2, 0.25) is 10.0 Å². The largest absolute Gasteiger partial charge is 0.363 e. The second kappa shape index (κ2) is 5.43. The summed E-state index contributed by atoms with van der Waals surface area (Å²) in [5.74, 6) is -0.373. The minimum absolute atomic E-state index is 0.129. The van der Waals surface area contributed by atoms with Crippen molar-refractivity contribution < 1.29 is 17.7 Å². The van der Waals surface area contributed by atoms with Gasteiger partial charge in [-0.15, -0.1) is 0 Å². The molecule has 106 valence electrons. The van der Waals surface area contributed by atoms with Crippen LogP contribution < -0.4 is 5.32 Å². The summed E-state index contributed by atoms with van der Waals surface area (Å²) in [5, 5.41) is 6.02. The van der Waals surface area contributed by atoms with Crippen LogP contribution in [-0.4, -0.2) is 37.9 Å². The van der Waals surface area contributed by atoms with Crippen molar-refractivity contribution in [2.75, 3.05) is 19.4 Å². The Balaban J connectivity index is 2.18. The molecule has 0 radical (unpaired) electrons. The number of amides is 1. The van der Waals surface area contributed by atoms with Gasteiger partial charge >= 0.3 is 0 Å². The maximum atomic E-state index is 11.9. The first-order valence-electron chi connectivity index (χ1n) is 5.64. The molecule has 1 N–H and O–H groups in total. The van der Waals surface area contributed by atoms with Gasteiger partial charge in [0.1, 0.15) is 12.0 Å². The Hall–Kier alpha value is -2.19. The second-order valence-electron chi connectivity index (χ2n) is 4.18. The van der Waals surface area contributed by atoms with Gasteiger partial charge in [-0.05, 0) is 24.3 Å². The minimum atomic E-state index is -3.49. The van der Waals surface area contributed by atoms with Gasteiger partial charge in [-0.3, -0.25) is 4.79 Å². The predicted molar refractivity (Wildman–Crippen MR) is 71.8 cm³/mol. The smallest absolute Gasteiger partial charge is 0.255 e. The van der Waals surface area contributed by atoms with E-state index in [0.717, 1.165) is 4.31 Å². The van der Waals surface area contributed by atoms with Gasteiger partial charge in [-0.2, -0.15) is 0 Å². The van der Waals surface area contributed by atoms with Crippen molar-refractivity contribution in [3.05, 3.63) is 42.3 Å². The third-order valence-corrected chi connectivity index (χ3v) is 4.41. The van der Waals surface area contributed by atoms with Crippen LogP contribution in [0.15, 0.2) is 46.1 Å². The fraction of sp³-hybridized carbons (Fsp3) is 0.167. The summed E-state index contributed by atoms with van der Waals surface area (Å²) in [4.78, 5) is 12.0. The highest BCUT2D eigenvalue weighted by Gasteiger charge is 2.17. The molecule has 8 heteroatoms. The third kappa shape index (κ3) is 2.86. The summed E-state index contributed by atoms with van der Waals surface area (Å²) in [7, 11) is -0.600. The zero-order chi connectivity index (χ0) is 14.8. The molecule has 2 rings (SSSR count). The van der Waals surface area contributed by atoms with E-state index in [2.05, 4.69) is 15.0 Å². The Bertz CT molecular complexity index is 691. The van der Waals surface area contributed by atoms with E-state index in [0.29, 0.717) is 11.3 Å². The monoisotopic (exact) mass is 295 g/mol. The van der Waals surface area contributed by atoms with Gasteiger partial charge in [0.05, 0.1) is 11.1 Å². The predicted octanol–water partition coefficient (Wildman–Crippen LogP) is 1.18. The molecule has 0 saturated heterocycles. The lowest BCUT2D eigenvalue weighted by atomic mass is 10.2. The molecule has 0 saturated carbocycles. The van der Waals surface area contributed by atoms with E-state index in [1.54, 1.807) is 0 Å². The Morgan fingerprint density at radius 1 is 1.25 bits per heavy atom. The lowest BCUT2D eigenvalue weighted by Gasteiger charge is -2.11. The summed E-state index contributed by atoms with van der Waals surface area (Å²) < 4.78 is 29.5. The molecule has 20 heavy (non-hydrogen) atoms. The van der Waals surface area contributed by atoms with Crippen molar-refractivity contribution in [1.29, 1.82) is 0 Å². The molecule has 0 aliphatic rings. The molecule has 1 aromatic heterocycles. The fourth-order valence-electron chi connectivity index (χ4n) is 1.46. The Labute approximate surface area is 116 Å². The van der Waals surface area contributed by atoms with E-state index in [4.69, 9.17) is 0 Å². The quantitative estimate of drug-likeness (QED) is 0.914. The zero-order valence-corrected chi connectivity index (χ0v) is 11.7. The average molecular weight is 295 g/mol. The number of benzene rings is 1. The highest BCUT2D eigenvalue weighted by molar-refractivity contribution is 7.89. The van der Waals surface area contributed by atoms with Gasteiger partial charge in [0, 0.05) is 19.7 Å². The molecule has 0 fully saturated rings. The third-order valence-electron chi connectivity index (χ3n) is 2.59. The number of hydrogen-bond donors (Lipinski definition) is 1. The van der Waals surface area contributed by atoms with Gasteiger partial charge in [-0.25, -0.2) is 12.7 Å². The lowest BCUT2D eigenvalue weighted by Crippen LogP contribution is -2.22. The summed E-state index contributed by atoms with van der Waals surface area (Å²) in [6.07, 6.45) is 2.66. The van der Waals surface area contributed by atoms with Crippen molar-refractivity contribution in [3.63, 3.8) is 0 Å². The summed E-state index contributed by atoms with van der Waals surface area (Å²) >= 11 is 0. The molecule has 1 heterocycles. The van der Waals surface area contributed by atoms with E-state index >= 15 is 0 Å². The van der Waals surface area contributed by atoms with E-state index in [1.165, 1.54) is 50.8 Å². The van der Waals surface area contributed by atoms with Crippen LogP contribution in [0.25, 0.3) is 0 Å².